The average molecular weight is 418 g/mol. The Hall–Kier alpha value is -4.58. The molecule has 0 aliphatic carbocycles. The number of hydrogen-bond acceptors (Lipinski definition) is 6. The van der Waals surface area contributed by atoms with Gasteiger partial charge in [0.25, 0.3) is 0 Å². The number of fused-ring (bicyclic) bond motifs is 2. The van der Waals surface area contributed by atoms with E-state index in [0.717, 1.165) is 21.5 Å². The predicted octanol–water partition coefficient (Wildman–Crippen LogP) is 8.24. The van der Waals surface area contributed by atoms with E-state index < -0.39 is 0 Å². The Kier molecular flexibility index (Phi) is 5.01. The fourth-order valence-electron chi connectivity index (χ4n) is 3.54. The van der Waals surface area contributed by atoms with E-state index in [1.807, 2.05) is 72.8 Å². The van der Waals surface area contributed by atoms with Gasteiger partial charge in [-0.05, 0) is 35.0 Å². The topological polar surface area (TPSA) is 89.9 Å². The van der Waals surface area contributed by atoms with Gasteiger partial charge in [0.2, 0.25) is 0 Å². The molecule has 154 valence electrons. The minimum Gasteiger partial charge on any atom is -0.506 e. The molecule has 5 rings (SSSR count). The average Bonchev–Trinajstić information content (AvgIpc) is 2.83. The fraction of sp³-hybridized carbons (Fsp3) is 0. The van der Waals surface area contributed by atoms with Crippen molar-refractivity contribution in [3.05, 3.63) is 97.1 Å². The molecule has 0 fully saturated rings. The number of rotatable bonds is 4. The Morgan fingerprint density at radius 2 is 0.812 bits per heavy atom. The molecule has 5 aromatic rings. The number of aromatic hydroxyl groups is 2. The molecule has 6 heteroatoms. The molecular formula is C26H18N4O2. The van der Waals surface area contributed by atoms with Gasteiger partial charge in [-0.15, -0.1) is 20.5 Å². The van der Waals surface area contributed by atoms with Crippen molar-refractivity contribution in [1.82, 2.24) is 0 Å². The molecule has 0 bridgehead atoms. The lowest BCUT2D eigenvalue weighted by Crippen LogP contribution is -1.75. The Morgan fingerprint density at radius 1 is 0.406 bits per heavy atom. The van der Waals surface area contributed by atoms with Gasteiger partial charge in [0.15, 0.2) is 0 Å². The van der Waals surface area contributed by atoms with Gasteiger partial charge in [-0.2, -0.15) is 0 Å². The van der Waals surface area contributed by atoms with Crippen LogP contribution in [-0.4, -0.2) is 10.2 Å². The summed E-state index contributed by atoms with van der Waals surface area (Å²) in [5.74, 6) is 0.0967. The SMILES string of the molecule is Oc1ccc2ccccc2c1N=Nc1ccccc1N=Nc1c(O)ccc2ccccc12. The molecule has 0 aliphatic heterocycles. The summed E-state index contributed by atoms with van der Waals surface area (Å²) in [5, 5.41) is 41.4. The van der Waals surface area contributed by atoms with Crippen molar-refractivity contribution in [3.8, 4) is 11.5 Å². The summed E-state index contributed by atoms with van der Waals surface area (Å²) >= 11 is 0. The van der Waals surface area contributed by atoms with Crippen LogP contribution >= 0.6 is 0 Å². The summed E-state index contributed by atoms with van der Waals surface area (Å²) in [4.78, 5) is 0. The third-order valence-corrected chi connectivity index (χ3v) is 5.16. The molecule has 0 atom stereocenters. The van der Waals surface area contributed by atoms with Crippen LogP contribution in [0.2, 0.25) is 0 Å². The Balaban J connectivity index is 1.54. The molecule has 0 aliphatic rings. The third kappa shape index (κ3) is 3.65. The molecule has 0 saturated heterocycles. The number of phenolic OH excluding ortho intramolecular Hbond substituents is 2. The van der Waals surface area contributed by atoms with Gasteiger partial charge in [-0.3, -0.25) is 0 Å². The molecule has 6 nitrogen and oxygen atoms in total. The number of benzene rings is 5. The van der Waals surface area contributed by atoms with Crippen molar-refractivity contribution in [3.63, 3.8) is 0 Å². The zero-order chi connectivity index (χ0) is 21.9. The van der Waals surface area contributed by atoms with E-state index in [2.05, 4.69) is 20.5 Å². The normalized spacial score (nSPS) is 11.8. The summed E-state index contributed by atoms with van der Waals surface area (Å²) in [6.07, 6.45) is 0. The van der Waals surface area contributed by atoms with Crippen LogP contribution in [0, 0.1) is 0 Å². The molecule has 2 N–H and O–H groups in total. The second kappa shape index (κ2) is 8.28. The lowest BCUT2D eigenvalue weighted by molar-refractivity contribution is 0.476. The van der Waals surface area contributed by atoms with E-state index in [1.54, 1.807) is 24.3 Å². The lowest BCUT2D eigenvalue weighted by Gasteiger charge is -2.05. The van der Waals surface area contributed by atoms with Gasteiger partial charge in [0.05, 0.1) is 0 Å². The van der Waals surface area contributed by atoms with Gasteiger partial charge >= 0.3 is 0 Å². The van der Waals surface area contributed by atoms with Crippen molar-refractivity contribution in [2.24, 2.45) is 20.5 Å². The molecule has 0 unspecified atom stereocenters. The number of nitrogens with zero attached hydrogens (tertiary/aromatic N) is 4. The van der Waals surface area contributed by atoms with Crippen LogP contribution in [0.5, 0.6) is 11.5 Å². The highest BCUT2D eigenvalue weighted by atomic mass is 16.3. The highest BCUT2D eigenvalue weighted by molar-refractivity contribution is 5.96. The summed E-state index contributed by atoms with van der Waals surface area (Å²) in [7, 11) is 0. The first kappa shape index (κ1) is 19.4. The maximum Gasteiger partial charge on any atom is 0.143 e. The quantitative estimate of drug-likeness (QED) is 0.288. The van der Waals surface area contributed by atoms with Crippen LogP contribution in [0.4, 0.5) is 22.7 Å². The number of azo groups is 2. The molecule has 0 saturated carbocycles. The summed E-state index contributed by atoms with van der Waals surface area (Å²) in [6, 6.07) is 29.4. The third-order valence-electron chi connectivity index (χ3n) is 5.16. The second-order valence-electron chi connectivity index (χ2n) is 7.20. The standard InChI is InChI=1S/C26H18N4O2/c31-23-15-13-17-7-1-3-9-19(17)25(23)29-27-21-11-5-6-12-22(21)28-30-26-20-10-4-2-8-18(20)14-16-24(26)32/h1-16,31-32H. The largest absolute Gasteiger partial charge is 0.506 e. The molecule has 0 radical (unpaired) electrons. The van der Waals surface area contributed by atoms with Crippen molar-refractivity contribution in [1.29, 1.82) is 0 Å². The van der Waals surface area contributed by atoms with Crippen LogP contribution < -0.4 is 0 Å². The first-order chi connectivity index (χ1) is 15.7. The first-order valence-electron chi connectivity index (χ1n) is 10.0. The Bertz CT molecular complexity index is 1390. The van der Waals surface area contributed by atoms with Gasteiger partial charge in [-0.1, -0.05) is 72.8 Å². The highest BCUT2D eigenvalue weighted by Gasteiger charge is 2.08. The van der Waals surface area contributed by atoms with Crippen molar-refractivity contribution in [2.45, 2.75) is 0 Å². The van der Waals surface area contributed by atoms with E-state index >= 15 is 0 Å². The molecule has 5 aromatic carbocycles. The minimum atomic E-state index is 0.0484. The van der Waals surface area contributed by atoms with Gasteiger partial charge < -0.3 is 10.2 Å². The van der Waals surface area contributed by atoms with Crippen LogP contribution in [0.15, 0.2) is 118 Å². The van der Waals surface area contributed by atoms with Crippen molar-refractivity contribution >= 4 is 44.3 Å². The van der Waals surface area contributed by atoms with E-state index in [-0.39, 0.29) is 11.5 Å². The van der Waals surface area contributed by atoms with Gasteiger partial charge in [-0.25, -0.2) is 0 Å². The number of phenols is 2. The van der Waals surface area contributed by atoms with Gasteiger partial charge in [0.1, 0.15) is 34.2 Å². The fourth-order valence-corrected chi connectivity index (χ4v) is 3.54. The smallest absolute Gasteiger partial charge is 0.143 e. The molecule has 0 spiro atoms. The van der Waals surface area contributed by atoms with Crippen LogP contribution in [0.1, 0.15) is 0 Å². The molecule has 0 aromatic heterocycles. The van der Waals surface area contributed by atoms with E-state index in [0.29, 0.717) is 22.7 Å². The van der Waals surface area contributed by atoms with Crippen LogP contribution in [0.25, 0.3) is 21.5 Å². The molecule has 32 heavy (non-hydrogen) atoms. The molecular weight excluding hydrogens is 400 g/mol. The summed E-state index contributed by atoms with van der Waals surface area (Å²) < 4.78 is 0. The number of hydrogen-bond donors (Lipinski definition) is 2. The maximum atomic E-state index is 10.3. The summed E-state index contributed by atoms with van der Waals surface area (Å²) in [5.41, 5.74) is 1.76. The molecule has 0 amide bonds. The van der Waals surface area contributed by atoms with E-state index in [4.69, 9.17) is 0 Å². The predicted molar refractivity (Wildman–Crippen MR) is 126 cm³/mol. The zero-order valence-electron chi connectivity index (χ0n) is 16.9. The minimum absolute atomic E-state index is 0.0484. The van der Waals surface area contributed by atoms with Crippen LogP contribution in [0.3, 0.4) is 0 Å². The van der Waals surface area contributed by atoms with Crippen LogP contribution in [-0.2, 0) is 0 Å². The van der Waals surface area contributed by atoms with E-state index in [9.17, 15) is 10.2 Å². The van der Waals surface area contributed by atoms with Crippen molar-refractivity contribution in [2.75, 3.05) is 0 Å². The van der Waals surface area contributed by atoms with E-state index in [1.165, 1.54) is 0 Å². The first-order valence-corrected chi connectivity index (χ1v) is 10.0. The lowest BCUT2D eigenvalue weighted by atomic mass is 10.1. The molecule has 0 heterocycles. The Morgan fingerprint density at radius 3 is 1.28 bits per heavy atom. The Labute approximate surface area is 183 Å². The van der Waals surface area contributed by atoms with Gasteiger partial charge in [0, 0.05) is 10.8 Å². The second-order valence-corrected chi connectivity index (χ2v) is 7.20. The monoisotopic (exact) mass is 418 g/mol. The highest BCUT2D eigenvalue weighted by Crippen LogP contribution is 2.39. The maximum absolute atomic E-state index is 10.3. The zero-order valence-corrected chi connectivity index (χ0v) is 16.9. The summed E-state index contributed by atoms with van der Waals surface area (Å²) in [6.45, 7) is 0. The van der Waals surface area contributed by atoms with Crippen molar-refractivity contribution < 1.29 is 10.2 Å².